The lowest BCUT2D eigenvalue weighted by Crippen LogP contribution is -2.11. The van der Waals surface area contributed by atoms with Gasteiger partial charge in [0.05, 0.1) is 11.9 Å². The fourth-order valence-electron chi connectivity index (χ4n) is 2.51. The number of anilines is 1. The molecule has 0 aliphatic carbocycles. The summed E-state index contributed by atoms with van der Waals surface area (Å²) >= 11 is 0. The van der Waals surface area contributed by atoms with Crippen molar-refractivity contribution in [3.8, 4) is 11.3 Å². The Morgan fingerprint density at radius 1 is 1.17 bits per heavy atom. The first-order valence-electron chi connectivity index (χ1n) is 7.47. The number of carbonyl (C=O) groups is 1. The fraction of sp³-hybridized carbons (Fsp3) is 0.0556. The van der Waals surface area contributed by atoms with E-state index in [2.05, 4.69) is 15.5 Å². The second-order valence-electron chi connectivity index (χ2n) is 5.42. The molecular formula is C18H14N4O2. The maximum absolute atomic E-state index is 12.1. The number of hydrogen-bond acceptors (Lipinski definition) is 4. The van der Waals surface area contributed by atoms with Crippen molar-refractivity contribution in [2.75, 3.05) is 5.32 Å². The van der Waals surface area contributed by atoms with Crippen molar-refractivity contribution >= 4 is 17.2 Å². The van der Waals surface area contributed by atoms with Crippen LogP contribution < -0.4 is 5.32 Å². The molecule has 0 aliphatic rings. The molecule has 1 N–H and O–H groups in total. The third kappa shape index (κ3) is 2.54. The van der Waals surface area contributed by atoms with Crippen LogP contribution in [-0.4, -0.2) is 20.4 Å². The topological polar surface area (TPSA) is 72.4 Å². The molecule has 6 nitrogen and oxygen atoms in total. The van der Waals surface area contributed by atoms with Crippen LogP contribution in [0.4, 0.5) is 5.69 Å². The molecule has 4 rings (SSSR count). The molecule has 3 aromatic heterocycles. The zero-order valence-electron chi connectivity index (χ0n) is 12.9. The maximum atomic E-state index is 12.1. The molecule has 0 atom stereocenters. The minimum Gasteiger partial charge on any atom is -0.361 e. The van der Waals surface area contributed by atoms with E-state index in [0.29, 0.717) is 17.0 Å². The van der Waals surface area contributed by atoms with Gasteiger partial charge >= 0.3 is 0 Å². The molecule has 0 radical (unpaired) electrons. The number of amides is 1. The molecule has 1 amide bonds. The number of nitrogens with one attached hydrogen (secondary N) is 1. The number of carbonyl (C=O) groups excluding carboxylic acids is 1. The molecule has 0 saturated heterocycles. The van der Waals surface area contributed by atoms with Crippen LogP contribution in [0.15, 0.2) is 65.6 Å². The summed E-state index contributed by atoms with van der Waals surface area (Å²) in [5.41, 5.74) is 3.90. The number of rotatable bonds is 3. The van der Waals surface area contributed by atoms with Gasteiger partial charge in [-0.3, -0.25) is 4.79 Å². The molecule has 0 aliphatic heterocycles. The van der Waals surface area contributed by atoms with Gasteiger partial charge in [0.25, 0.3) is 5.91 Å². The number of aromatic nitrogens is 3. The van der Waals surface area contributed by atoms with Gasteiger partial charge in [-0.25, -0.2) is 4.98 Å². The van der Waals surface area contributed by atoms with E-state index >= 15 is 0 Å². The molecule has 118 valence electrons. The number of nitrogens with zero attached hydrogens (tertiary/aromatic N) is 3. The van der Waals surface area contributed by atoms with Crippen molar-refractivity contribution in [1.82, 2.24) is 14.5 Å². The summed E-state index contributed by atoms with van der Waals surface area (Å²) in [7, 11) is 0. The fourth-order valence-corrected chi connectivity index (χ4v) is 2.51. The van der Waals surface area contributed by atoms with Crippen molar-refractivity contribution in [1.29, 1.82) is 0 Å². The van der Waals surface area contributed by atoms with E-state index in [1.54, 1.807) is 6.92 Å². The Kier molecular flexibility index (Phi) is 3.35. The monoisotopic (exact) mass is 318 g/mol. The van der Waals surface area contributed by atoms with Gasteiger partial charge in [-0.05, 0) is 31.2 Å². The average Bonchev–Trinajstić information content (AvgIpc) is 3.21. The number of aryl methyl sites for hydroxylation is 1. The third-order valence-electron chi connectivity index (χ3n) is 3.80. The predicted molar refractivity (Wildman–Crippen MR) is 89.8 cm³/mol. The highest BCUT2D eigenvalue weighted by atomic mass is 16.5. The van der Waals surface area contributed by atoms with Gasteiger partial charge in [-0.1, -0.05) is 23.4 Å². The molecule has 0 spiro atoms. The molecule has 3 heterocycles. The SMILES string of the molecule is Cc1oncc1C(=O)Nc1ccc(-c2cn3ccccc3n2)cc1. The Morgan fingerprint density at radius 3 is 2.71 bits per heavy atom. The largest absolute Gasteiger partial charge is 0.361 e. The van der Waals surface area contributed by atoms with Crippen molar-refractivity contribution in [2.24, 2.45) is 0 Å². The van der Waals surface area contributed by atoms with Crippen LogP contribution in [0.1, 0.15) is 16.1 Å². The highest BCUT2D eigenvalue weighted by molar-refractivity contribution is 6.04. The minimum absolute atomic E-state index is 0.241. The summed E-state index contributed by atoms with van der Waals surface area (Å²) in [6.45, 7) is 1.70. The summed E-state index contributed by atoms with van der Waals surface area (Å²) in [5.74, 6) is 0.253. The standard InChI is InChI=1S/C18H14N4O2/c1-12-15(10-19-24-12)18(23)20-14-7-5-13(6-8-14)16-11-22-9-3-2-4-17(22)21-16/h2-11H,1H3,(H,20,23). The van der Waals surface area contributed by atoms with Gasteiger partial charge in [-0.2, -0.15) is 0 Å². The molecule has 24 heavy (non-hydrogen) atoms. The molecule has 0 saturated carbocycles. The van der Waals surface area contributed by atoms with Crippen LogP contribution in [0.2, 0.25) is 0 Å². The normalized spacial score (nSPS) is 10.9. The number of pyridine rings is 1. The quantitative estimate of drug-likeness (QED) is 0.627. The Bertz CT molecular complexity index is 982. The average molecular weight is 318 g/mol. The van der Waals surface area contributed by atoms with E-state index in [0.717, 1.165) is 16.9 Å². The van der Waals surface area contributed by atoms with Crippen LogP contribution in [0.3, 0.4) is 0 Å². The van der Waals surface area contributed by atoms with Crippen LogP contribution in [0.5, 0.6) is 0 Å². The summed E-state index contributed by atoms with van der Waals surface area (Å²) in [5, 5.41) is 6.44. The molecule has 6 heteroatoms. The van der Waals surface area contributed by atoms with E-state index in [-0.39, 0.29) is 5.91 Å². The van der Waals surface area contributed by atoms with Crippen molar-refractivity contribution < 1.29 is 9.32 Å². The number of hydrogen-bond donors (Lipinski definition) is 1. The summed E-state index contributed by atoms with van der Waals surface area (Å²) in [6, 6.07) is 13.4. The Hall–Kier alpha value is -3.41. The van der Waals surface area contributed by atoms with Crippen molar-refractivity contribution in [3.63, 3.8) is 0 Å². The zero-order chi connectivity index (χ0) is 16.5. The summed E-state index contributed by atoms with van der Waals surface area (Å²) < 4.78 is 6.88. The highest BCUT2D eigenvalue weighted by Crippen LogP contribution is 2.21. The lowest BCUT2D eigenvalue weighted by Gasteiger charge is -2.04. The van der Waals surface area contributed by atoms with Gasteiger partial charge in [-0.15, -0.1) is 0 Å². The number of fused-ring (bicyclic) bond motifs is 1. The Morgan fingerprint density at radius 2 is 2.00 bits per heavy atom. The van der Waals surface area contributed by atoms with Crippen LogP contribution in [-0.2, 0) is 0 Å². The highest BCUT2D eigenvalue weighted by Gasteiger charge is 2.13. The first-order chi connectivity index (χ1) is 11.7. The van der Waals surface area contributed by atoms with E-state index in [9.17, 15) is 4.79 Å². The van der Waals surface area contributed by atoms with E-state index in [1.165, 1.54) is 6.20 Å². The van der Waals surface area contributed by atoms with E-state index in [4.69, 9.17) is 4.52 Å². The lowest BCUT2D eigenvalue weighted by molar-refractivity contribution is 0.102. The zero-order valence-corrected chi connectivity index (χ0v) is 12.9. The van der Waals surface area contributed by atoms with Crippen LogP contribution in [0, 0.1) is 6.92 Å². The van der Waals surface area contributed by atoms with Gasteiger partial charge in [0.2, 0.25) is 0 Å². The molecule has 0 fully saturated rings. The first kappa shape index (κ1) is 14.2. The summed E-state index contributed by atoms with van der Waals surface area (Å²) in [6.07, 6.45) is 5.35. The van der Waals surface area contributed by atoms with Gasteiger partial charge in [0.1, 0.15) is 17.0 Å². The van der Waals surface area contributed by atoms with Crippen LogP contribution in [0.25, 0.3) is 16.9 Å². The summed E-state index contributed by atoms with van der Waals surface area (Å²) in [4.78, 5) is 16.7. The first-order valence-corrected chi connectivity index (χ1v) is 7.47. The van der Waals surface area contributed by atoms with Gasteiger partial charge in [0, 0.05) is 23.6 Å². The number of benzene rings is 1. The Labute approximate surface area is 137 Å². The molecule has 4 aromatic rings. The lowest BCUT2D eigenvalue weighted by atomic mass is 10.1. The predicted octanol–water partition coefficient (Wildman–Crippen LogP) is 3.55. The molecule has 0 unspecified atom stereocenters. The smallest absolute Gasteiger partial charge is 0.260 e. The second-order valence-corrected chi connectivity index (χ2v) is 5.42. The van der Waals surface area contributed by atoms with Gasteiger partial charge < -0.3 is 14.2 Å². The van der Waals surface area contributed by atoms with Crippen LogP contribution >= 0.6 is 0 Å². The molecule has 1 aromatic carbocycles. The third-order valence-corrected chi connectivity index (χ3v) is 3.80. The molecule has 0 bridgehead atoms. The van der Waals surface area contributed by atoms with E-state index in [1.807, 2.05) is 59.3 Å². The van der Waals surface area contributed by atoms with Crippen molar-refractivity contribution in [3.05, 3.63) is 72.4 Å². The van der Waals surface area contributed by atoms with Crippen molar-refractivity contribution in [2.45, 2.75) is 6.92 Å². The van der Waals surface area contributed by atoms with Gasteiger partial charge in [0.15, 0.2) is 0 Å². The minimum atomic E-state index is -0.241. The maximum Gasteiger partial charge on any atom is 0.260 e. The second kappa shape index (κ2) is 5.66. The number of imidazole rings is 1. The Balaban J connectivity index is 1.56. The van der Waals surface area contributed by atoms with E-state index < -0.39 is 0 Å². The molecular weight excluding hydrogens is 304 g/mol.